The second-order valence-electron chi connectivity index (χ2n) is 5.64. The second kappa shape index (κ2) is 5.70. The molecule has 0 saturated carbocycles. The van der Waals surface area contributed by atoms with E-state index in [0.29, 0.717) is 6.42 Å². The molecule has 0 aromatic heterocycles. The van der Waals surface area contributed by atoms with Gasteiger partial charge in [-0.2, -0.15) is 0 Å². The Hall–Kier alpha value is -1.09. The third kappa shape index (κ3) is 3.22. The van der Waals surface area contributed by atoms with E-state index in [1.54, 1.807) is 6.07 Å². The van der Waals surface area contributed by atoms with Crippen molar-refractivity contribution in [3.05, 3.63) is 29.6 Å². The van der Waals surface area contributed by atoms with Crippen molar-refractivity contribution in [2.45, 2.75) is 52.1 Å². The summed E-state index contributed by atoms with van der Waals surface area (Å²) < 4.78 is 14.0. The molecule has 102 valence electrons. The standard InChI is InChI=1S/C15H25FN2/c1-6-15(3,4)18(5)14-9-7-8-13(16)12(14)10-11(2)17/h7-9,11H,6,10,17H2,1-5H3. The van der Waals surface area contributed by atoms with Gasteiger partial charge in [-0.15, -0.1) is 0 Å². The summed E-state index contributed by atoms with van der Waals surface area (Å²) in [6.45, 7) is 8.36. The van der Waals surface area contributed by atoms with Crippen LogP contribution in [0.3, 0.4) is 0 Å². The number of hydrogen-bond donors (Lipinski definition) is 1. The first-order chi connectivity index (χ1) is 8.29. The van der Waals surface area contributed by atoms with Crippen molar-refractivity contribution >= 4 is 5.69 Å². The van der Waals surface area contributed by atoms with E-state index in [1.165, 1.54) is 6.07 Å². The molecule has 0 saturated heterocycles. The van der Waals surface area contributed by atoms with Crippen LogP contribution in [0.15, 0.2) is 18.2 Å². The van der Waals surface area contributed by atoms with Crippen LogP contribution in [-0.2, 0) is 6.42 Å². The molecule has 1 aromatic carbocycles. The molecular formula is C15H25FN2. The molecule has 0 heterocycles. The monoisotopic (exact) mass is 252 g/mol. The minimum absolute atomic E-state index is 0.000377. The number of rotatable bonds is 5. The average Bonchev–Trinajstić information content (AvgIpc) is 2.30. The van der Waals surface area contributed by atoms with Gasteiger partial charge in [-0.3, -0.25) is 0 Å². The number of nitrogens with zero attached hydrogens (tertiary/aromatic N) is 1. The zero-order valence-electron chi connectivity index (χ0n) is 12.1. The first kappa shape index (κ1) is 15.0. The molecule has 0 aliphatic heterocycles. The lowest BCUT2D eigenvalue weighted by molar-refractivity contribution is 0.467. The number of nitrogens with two attached hydrogens (primary N) is 1. The molecule has 0 aliphatic carbocycles. The first-order valence-electron chi connectivity index (χ1n) is 6.56. The zero-order valence-corrected chi connectivity index (χ0v) is 12.1. The third-order valence-electron chi connectivity index (χ3n) is 3.75. The topological polar surface area (TPSA) is 29.3 Å². The average molecular weight is 252 g/mol. The Morgan fingerprint density at radius 2 is 2.00 bits per heavy atom. The van der Waals surface area contributed by atoms with Gasteiger partial charge in [-0.25, -0.2) is 4.39 Å². The Morgan fingerprint density at radius 1 is 1.39 bits per heavy atom. The van der Waals surface area contributed by atoms with Gasteiger partial charge in [0.1, 0.15) is 5.82 Å². The first-order valence-corrected chi connectivity index (χ1v) is 6.56. The third-order valence-corrected chi connectivity index (χ3v) is 3.75. The summed E-state index contributed by atoms with van der Waals surface area (Å²) in [5, 5.41) is 0. The van der Waals surface area contributed by atoms with E-state index in [4.69, 9.17) is 5.73 Å². The molecule has 1 rings (SSSR count). The van der Waals surface area contributed by atoms with Crippen LogP contribution < -0.4 is 10.6 Å². The minimum Gasteiger partial charge on any atom is -0.369 e. The largest absolute Gasteiger partial charge is 0.369 e. The predicted octanol–water partition coefficient (Wildman–Crippen LogP) is 3.34. The van der Waals surface area contributed by atoms with Crippen LogP contribution in [0.1, 0.15) is 39.7 Å². The lowest BCUT2D eigenvalue weighted by Gasteiger charge is -2.38. The molecule has 0 bridgehead atoms. The quantitative estimate of drug-likeness (QED) is 0.871. The highest BCUT2D eigenvalue weighted by Gasteiger charge is 2.24. The van der Waals surface area contributed by atoms with E-state index >= 15 is 0 Å². The van der Waals surface area contributed by atoms with Crippen LogP contribution in [0.2, 0.25) is 0 Å². The van der Waals surface area contributed by atoms with Crippen LogP contribution >= 0.6 is 0 Å². The van der Waals surface area contributed by atoms with E-state index in [0.717, 1.165) is 17.7 Å². The fourth-order valence-electron chi connectivity index (χ4n) is 1.95. The maximum absolute atomic E-state index is 14.0. The normalized spacial score (nSPS) is 13.5. The Balaban J connectivity index is 3.19. The van der Waals surface area contributed by atoms with E-state index in [1.807, 2.05) is 20.0 Å². The molecule has 0 aliphatic rings. The molecule has 3 heteroatoms. The highest BCUT2D eigenvalue weighted by atomic mass is 19.1. The fourth-order valence-corrected chi connectivity index (χ4v) is 1.95. The number of anilines is 1. The molecule has 2 nitrogen and oxygen atoms in total. The Bertz CT molecular complexity index is 399. The molecule has 0 spiro atoms. The van der Waals surface area contributed by atoms with Crippen molar-refractivity contribution in [3.63, 3.8) is 0 Å². The minimum atomic E-state index is -0.163. The van der Waals surface area contributed by atoms with E-state index in [-0.39, 0.29) is 17.4 Å². The molecule has 18 heavy (non-hydrogen) atoms. The predicted molar refractivity (Wildman–Crippen MR) is 76.5 cm³/mol. The van der Waals surface area contributed by atoms with Crippen LogP contribution in [-0.4, -0.2) is 18.6 Å². The lowest BCUT2D eigenvalue weighted by atomic mass is 9.96. The molecule has 1 aromatic rings. The van der Waals surface area contributed by atoms with Crippen molar-refractivity contribution in [2.75, 3.05) is 11.9 Å². The van der Waals surface area contributed by atoms with Crippen molar-refractivity contribution in [1.82, 2.24) is 0 Å². The fraction of sp³-hybridized carbons (Fsp3) is 0.600. The molecule has 1 unspecified atom stereocenters. The van der Waals surface area contributed by atoms with Gasteiger partial charge in [0.2, 0.25) is 0 Å². The number of hydrogen-bond acceptors (Lipinski definition) is 2. The molecule has 0 fully saturated rings. The van der Waals surface area contributed by atoms with E-state index in [2.05, 4.69) is 25.7 Å². The summed E-state index contributed by atoms with van der Waals surface area (Å²) >= 11 is 0. The molecule has 0 amide bonds. The summed E-state index contributed by atoms with van der Waals surface area (Å²) in [5.74, 6) is -0.163. The van der Waals surface area contributed by atoms with Crippen molar-refractivity contribution in [2.24, 2.45) is 5.73 Å². The Morgan fingerprint density at radius 3 is 2.50 bits per heavy atom. The van der Waals surface area contributed by atoms with Gasteiger partial charge in [0.05, 0.1) is 0 Å². The summed E-state index contributed by atoms with van der Waals surface area (Å²) in [5.41, 5.74) is 7.48. The van der Waals surface area contributed by atoms with Gasteiger partial charge in [-0.1, -0.05) is 13.0 Å². The Kier molecular flexibility index (Phi) is 4.74. The summed E-state index contributed by atoms with van der Waals surface area (Å²) in [7, 11) is 2.02. The highest BCUT2D eigenvalue weighted by molar-refractivity contribution is 5.55. The zero-order chi connectivity index (χ0) is 13.9. The van der Waals surface area contributed by atoms with Crippen molar-refractivity contribution < 1.29 is 4.39 Å². The van der Waals surface area contributed by atoms with Crippen molar-refractivity contribution in [1.29, 1.82) is 0 Å². The second-order valence-corrected chi connectivity index (χ2v) is 5.64. The Labute approximate surface area is 110 Å². The highest BCUT2D eigenvalue weighted by Crippen LogP contribution is 2.30. The van der Waals surface area contributed by atoms with Gasteiger partial charge in [0.15, 0.2) is 0 Å². The SMILES string of the molecule is CCC(C)(C)N(C)c1cccc(F)c1CC(C)N. The van der Waals surface area contributed by atoms with Gasteiger partial charge < -0.3 is 10.6 Å². The smallest absolute Gasteiger partial charge is 0.128 e. The van der Waals surface area contributed by atoms with E-state index < -0.39 is 0 Å². The van der Waals surface area contributed by atoms with Gasteiger partial charge >= 0.3 is 0 Å². The van der Waals surface area contributed by atoms with Crippen LogP contribution in [0, 0.1) is 5.82 Å². The molecular weight excluding hydrogens is 227 g/mol. The van der Waals surface area contributed by atoms with Gasteiger partial charge in [0, 0.05) is 29.9 Å². The maximum Gasteiger partial charge on any atom is 0.128 e. The van der Waals surface area contributed by atoms with Crippen molar-refractivity contribution in [3.8, 4) is 0 Å². The lowest BCUT2D eigenvalue weighted by Crippen LogP contribution is -2.41. The number of benzene rings is 1. The summed E-state index contributed by atoms with van der Waals surface area (Å²) in [6.07, 6.45) is 1.56. The molecule has 1 atom stereocenters. The van der Waals surface area contributed by atoms with E-state index in [9.17, 15) is 4.39 Å². The van der Waals surface area contributed by atoms with Crippen LogP contribution in [0.4, 0.5) is 10.1 Å². The van der Waals surface area contributed by atoms with Crippen LogP contribution in [0.5, 0.6) is 0 Å². The van der Waals surface area contributed by atoms with Gasteiger partial charge in [-0.05, 0) is 45.7 Å². The summed E-state index contributed by atoms with van der Waals surface area (Å²) in [4.78, 5) is 2.15. The summed E-state index contributed by atoms with van der Waals surface area (Å²) in [6, 6.07) is 5.20. The maximum atomic E-state index is 14.0. The van der Waals surface area contributed by atoms with Gasteiger partial charge in [0.25, 0.3) is 0 Å². The van der Waals surface area contributed by atoms with Crippen LogP contribution in [0.25, 0.3) is 0 Å². The molecule has 0 radical (unpaired) electrons. The molecule has 2 N–H and O–H groups in total. The number of halogens is 1.